The number of carbonyl (C=O) groups excluding carboxylic acids is 1. The highest BCUT2D eigenvalue weighted by atomic mass is 35.5. The summed E-state index contributed by atoms with van der Waals surface area (Å²) in [6.07, 6.45) is 1.89. The summed E-state index contributed by atoms with van der Waals surface area (Å²) in [5.41, 5.74) is 0.0788. The molecule has 8 heteroatoms. The molecule has 2 atom stereocenters. The maximum absolute atomic E-state index is 13.9. The van der Waals surface area contributed by atoms with Crippen LogP contribution in [-0.4, -0.2) is 32.2 Å². The number of benzene rings is 1. The number of amides is 1. The van der Waals surface area contributed by atoms with Crippen molar-refractivity contribution >= 4 is 57.9 Å². The normalized spacial score (nSPS) is 19.0. The highest BCUT2D eigenvalue weighted by molar-refractivity contribution is 8.26. The molecule has 0 saturated carbocycles. The second-order valence-corrected chi connectivity index (χ2v) is 7.44. The van der Waals surface area contributed by atoms with Crippen molar-refractivity contribution in [2.45, 2.75) is 26.3 Å². The van der Waals surface area contributed by atoms with Gasteiger partial charge in [0.25, 0.3) is 5.91 Å². The molecule has 1 fully saturated rings. The molecular weight excluding hydrogens is 373 g/mol. The van der Waals surface area contributed by atoms with E-state index in [0.717, 1.165) is 16.7 Å². The molecule has 1 aliphatic rings. The highest BCUT2D eigenvalue weighted by Crippen LogP contribution is 2.37. The van der Waals surface area contributed by atoms with E-state index in [0.29, 0.717) is 6.42 Å². The Morgan fingerprint density at radius 2 is 2.21 bits per heavy atom. The third kappa shape index (κ3) is 3.63. The molecule has 1 saturated heterocycles. The van der Waals surface area contributed by atoms with Gasteiger partial charge in [-0.3, -0.25) is 9.69 Å². The summed E-state index contributed by atoms with van der Waals surface area (Å²) in [4.78, 5) is 25.5. The number of carboxylic acid groups (broad SMARTS) is 1. The lowest BCUT2D eigenvalue weighted by Gasteiger charge is -2.27. The molecule has 24 heavy (non-hydrogen) atoms. The summed E-state index contributed by atoms with van der Waals surface area (Å²) in [7, 11) is 0. The fraction of sp³-hybridized carbons (Fsp3) is 0.312. The zero-order valence-electron chi connectivity index (χ0n) is 13.0. The number of thioether (sulfide) groups is 1. The van der Waals surface area contributed by atoms with E-state index >= 15 is 0 Å². The fourth-order valence-electron chi connectivity index (χ4n) is 2.33. The fourth-order valence-corrected chi connectivity index (χ4v) is 3.86. The maximum atomic E-state index is 13.9. The van der Waals surface area contributed by atoms with Crippen LogP contribution < -0.4 is 0 Å². The van der Waals surface area contributed by atoms with Crippen LogP contribution in [0.5, 0.6) is 0 Å². The van der Waals surface area contributed by atoms with E-state index in [1.165, 1.54) is 24.3 Å². The number of hydrogen-bond donors (Lipinski definition) is 1. The number of carboxylic acids is 1. The molecule has 1 aromatic rings. The summed E-state index contributed by atoms with van der Waals surface area (Å²) >= 11 is 12.1. The molecule has 1 aromatic carbocycles. The molecule has 0 aromatic heterocycles. The van der Waals surface area contributed by atoms with Crippen LogP contribution in [0, 0.1) is 11.7 Å². The molecular formula is C16H15ClFNO3S2. The lowest BCUT2D eigenvalue weighted by atomic mass is 9.98. The largest absolute Gasteiger partial charge is 0.480 e. The van der Waals surface area contributed by atoms with Gasteiger partial charge in [-0.05, 0) is 24.1 Å². The maximum Gasteiger partial charge on any atom is 0.327 e. The number of thiocarbonyl (C=S) groups is 1. The van der Waals surface area contributed by atoms with Crippen LogP contribution in [0.25, 0.3) is 6.08 Å². The van der Waals surface area contributed by atoms with Gasteiger partial charge >= 0.3 is 5.97 Å². The van der Waals surface area contributed by atoms with E-state index in [9.17, 15) is 19.1 Å². The molecule has 1 amide bonds. The summed E-state index contributed by atoms with van der Waals surface area (Å²) in [6, 6.07) is 3.15. The van der Waals surface area contributed by atoms with E-state index in [2.05, 4.69) is 0 Å². The number of rotatable bonds is 5. The van der Waals surface area contributed by atoms with Crippen LogP contribution in [0.15, 0.2) is 23.1 Å². The zero-order chi connectivity index (χ0) is 18.0. The van der Waals surface area contributed by atoms with E-state index < -0.39 is 23.7 Å². The quantitative estimate of drug-likeness (QED) is 0.606. The van der Waals surface area contributed by atoms with Gasteiger partial charge in [0.15, 0.2) is 0 Å². The SMILES string of the molecule is CC[C@H](C)[C@H](C(=O)O)N1C(=O)/C(=C/c2c(F)cccc2Cl)SC1=S. The first-order valence-corrected chi connectivity index (χ1v) is 8.82. The van der Waals surface area contributed by atoms with Crippen molar-refractivity contribution in [1.82, 2.24) is 4.90 Å². The third-order valence-electron chi connectivity index (χ3n) is 3.81. The Morgan fingerprint density at radius 3 is 2.75 bits per heavy atom. The predicted molar refractivity (Wildman–Crippen MR) is 97.3 cm³/mol. The second-order valence-electron chi connectivity index (χ2n) is 5.36. The minimum atomic E-state index is -1.12. The number of carbonyl (C=O) groups is 2. The first-order valence-electron chi connectivity index (χ1n) is 7.21. The number of hydrogen-bond acceptors (Lipinski definition) is 4. The monoisotopic (exact) mass is 387 g/mol. The van der Waals surface area contributed by atoms with Crippen molar-refractivity contribution in [1.29, 1.82) is 0 Å². The predicted octanol–water partition coefficient (Wildman–Crippen LogP) is 4.18. The molecule has 4 nitrogen and oxygen atoms in total. The summed E-state index contributed by atoms with van der Waals surface area (Å²) in [5, 5.41) is 9.64. The highest BCUT2D eigenvalue weighted by Gasteiger charge is 2.42. The Hall–Kier alpha value is -1.44. The topological polar surface area (TPSA) is 57.6 Å². The molecule has 0 radical (unpaired) electrons. The van der Waals surface area contributed by atoms with Gasteiger partial charge in [-0.15, -0.1) is 0 Å². The Kier molecular flexibility index (Phi) is 6.01. The van der Waals surface area contributed by atoms with Crippen LogP contribution in [0.4, 0.5) is 4.39 Å². The Balaban J connectivity index is 2.42. The standard InChI is InChI=1S/C16H15ClFNO3S2/c1-3-8(2)13(15(21)22)19-14(20)12(24-16(19)23)7-9-10(17)5-4-6-11(9)18/h4-8,13H,3H2,1-2H3,(H,21,22)/b12-7-/t8-,13+/m0/s1. The Labute approximate surface area is 153 Å². The van der Waals surface area contributed by atoms with E-state index in [-0.39, 0.29) is 25.7 Å². The number of aliphatic carboxylic acids is 1. The van der Waals surface area contributed by atoms with E-state index in [4.69, 9.17) is 23.8 Å². The smallest absolute Gasteiger partial charge is 0.327 e. The summed E-state index contributed by atoms with van der Waals surface area (Å²) < 4.78 is 14.0. The van der Waals surface area contributed by atoms with Crippen molar-refractivity contribution in [3.05, 3.63) is 39.5 Å². The molecule has 2 rings (SSSR count). The summed E-state index contributed by atoms with van der Waals surface area (Å²) in [6.45, 7) is 3.59. The van der Waals surface area contributed by atoms with Crippen molar-refractivity contribution < 1.29 is 19.1 Å². The van der Waals surface area contributed by atoms with Crippen LogP contribution >= 0.6 is 35.6 Å². The van der Waals surface area contributed by atoms with Gasteiger partial charge in [0.2, 0.25) is 0 Å². The minimum Gasteiger partial charge on any atom is -0.480 e. The van der Waals surface area contributed by atoms with Gasteiger partial charge in [-0.25, -0.2) is 9.18 Å². The number of halogens is 2. The van der Waals surface area contributed by atoms with Crippen LogP contribution in [0.2, 0.25) is 5.02 Å². The molecule has 0 aliphatic carbocycles. The molecule has 0 bridgehead atoms. The molecule has 0 spiro atoms. The van der Waals surface area contributed by atoms with Crippen molar-refractivity contribution in [3.8, 4) is 0 Å². The van der Waals surface area contributed by atoms with Crippen LogP contribution in [0.3, 0.4) is 0 Å². The molecule has 1 aliphatic heterocycles. The van der Waals surface area contributed by atoms with Gasteiger partial charge in [0, 0.05) is 5.56 Å². The van der Waals surface area contributed by atoms with E-state index in [1.807, 2.05) is 6.92 Å². The molecule has 1 N–H and O–H groups in total. The second kappa shape index (κ2) is 7.63. The van der Waals surface area contributed by atoms with Gasteiger partial charge < -0.3 is 5.11 Å². The molecule has 1 heterocycles. The average molecular weight is 388 g/mol. The van der Waals surface area contributed by atoms with Gasteiger partial charge in [0.05, 0.1) is 9.93 Å². The van der Waals surface area contributed by atoms with Crippen molar-refractivity contribution in [2.75, 3.05) is 0 Å². The Morgan fingerprint density at radius 1 is 1.54 bits per heavy atom. The van der Waals surface area contributed by atoms with Crippen LogP contribution in [0.1, 0.15) is 25.8 Å². The van der Waals surface area contributed by atoms with Crippen molar-refractivity contribution in [2.24, 2.45) is 5.92 Å². The average Bonchev–Trinajstić information content (AvgIpc) is 2.78. The summed E-state index contributed by atoms with van der Waals surface area (Å²) in [5.74, 6) is -2.51. The first-order chi connectivity index (χ1) is 11.3. The number of nitrogens with zero attached hydrogens (tertiary/aromatic N) is 1. The zero-order valence-corrected chi connectivity index (χ0v) is 15.3. The minimum absolute atomic E-state index is 0.0788. The van der Waals surface area contributed by atoms with E-state index in [1.54, 1.807) is 6.92 Å². The lowest BCUT2D eigenvalue weighted by molar-refractivity contribution is -0.147. The molecule has 128 valence electrons. The third-order valence-corrected chi connectivity index (χ3v) is 5.47. The van der Waals surface area contributed by atoms with Gasteiger partial charge in [-0.1, -0.05) is 61.9 Å². The van der Waals surface area contributed by atoms with Gasteiger partial charge in [0.1, 0.15) is 16.2 Å². The first kappa shape index (κ1) is 18.9. The van der Waals surface area contributed by atoms with Crippen molar-refractivity contribution in [3.63, 3.8) is 0 Å². The lowest BCUT2D eigenvalue weighted by Crippen LogP contribution is -2.47. The van der Waals surface area contributed by atoms with Crippen LogP contribution in [-0.2, 0) is 9.59 Å². The van der Waals surface area contributed by atoms with Gasteiger partial charge in [-0.2, -0.15) is 0 Å². The molecule has 0 unspecified atom stereocenters. The Bertz CT molecular complexity index is 718.